The van der Waals surface area contributed by atoms with Crippen molar-refractivity contribution in [2.24, 2.45) is 0 Å². The molecule has 0 unspecified atom stereocenters. The summed E-state index contributed by atoms with van der Waals surface area (Å²) in [7, 11) is 0. The molecule has 3 aromatic rings. The van der Waals surface area contributed by atoms with Crippen LogP contribution in [0.2, 0.25) is 0 Å². The predicted molar refractivity (Wildman–Crippen MR) is 106 cm³/mol. The first-order valence-electron chi connectivity index (χ1n) is 9.34. The number of hydrogen-bond acceptors (Lipinski definition) is 5. The maximum atomic E-state index is 13.6. The van der Waals surface area contributed by atoms with Crippen LogP contribution in [0.3, 0.4) is 0 Å². The van der Waals surface area contributed by atoms with Gasteiger partial charge in [-0.05, 0) is 51.1 Å². The SMILES string of the molecule is CCOC(=O)c1c(C)n(CC)c2ccc(OC(=O)COc3ccccc3F)cc12. The average molecular weight is 399 g/mol. The van der Waals surface area contributed by atoms with Crippen LogP contribution in [0.25, 0.3) is 10.9 Å². The second-order valence-corrected chi connectivity index (χ2v) is 6.30. The number of benzene rings is 2. The van der Waals surface area contributed by atoms with Gasteiger partial charge in [0, 0.05) is 23.1 Å². The average Bonchev–Trinajstić information content (AvgIpc) is 2.98. The molecule has 1 aromatic heterocycles. The fraction of sp³-hybridized carbons (Fsp3) is 0.273. The van der Waals surface area contributed by atoms with Crippen LogP contribution in [-0.2, 0) is 16.1 Å². The largest absolute Gasteiger partial charge is 0.479 e. The van der Waals surface area contributed by atoms with Crippen LogP contribution >= 0.6 is 0 Å². The first-order chi connectivity index (χ1) is 14.0. The Morgan fingerprint density at radius 3 is 2.55 bits per heavy atom. The molecule has 0 aliphatic heterocycles. The molecule has 0 aliphatic carbocycles. The maximum Gasteiger partial charge on any atom is 0.349 e. The monoisotopic (exact) mass is 399 g/mol. The minimum atomic E-state index is -0.683. The van der Waals surface area contributed by atoms with E-state index in [0.29, 0.717) is 17.5 Å². The van der Waals surface area contributed by atoms with Gasteiger partial charge in [-0.15, -0.1) is 0 Å². The first kappa shape index (κ1) is 20.4. The van der Waals surface area contributed by atoms with E-state index in [-0.39, 0.29) is 18.1 Å². The topological polar surface area (TPSA) is 66.8 Å². The highest BCUT2D eigenvalue weighted by molar-refractivity contribution is 6.06. The molecule has 1 heterocycles. The number of rotatable bonds is 7. The maximum absolute atomic E-state index is 13.6. The standard InChI is InChI=1S/C22H22FNO5/c1-4-24-14(3)21(22(26)27-5-2)16-12-15(10-11-18(16)24)29-20(25)13-28-19-9-7-6-8-17(19)23/h6-12H,4-5,13H2,1-3H3. The predicted octanol–water partition coefficient (Wildman–Crippen LogP) is 4.27. The minimum absolute atomic E-state index is 0.0276. The highest BCUT2D eigenvalue weighted by atomic mass is 19.1. The van der Waals surface area contributed by atoms with Crippen molar-refractivity contribution in [3.63, 3.8) is 0 Å². The lowest BCUT2D eigenvalue weighted by molar-refractivity contribution is -0.136. The van der Waals surface area contributed by atoms with Crippen molar-refractivity contribution >= 4 is 22.8 Å². The Kier molecular flexibility index (Phi) is 6.16. The van der Waals surface area contributed by atoms with Gasteiger partial charge in [0.05, 0.1) is 12.2 Å². The second-order valence-electron chi connectivity index (χ2n) is 6.30. The Balaban J connectivity index is 1.83. The summed E-state index contributed by atoms with van der Waals surface area (Å²) in [5.41, 5.74) is 2.08. The van der Waals surface area contributed by atoms with Gasteiger partial charge in [-0.1, -0.05) is 12.1 Å². The van der Waals surface area contributed by atoms with Gasteiger partial charge in [-0.25, -0.2) is 14.0 Å². The number of nitrogens with zero attached hydrogens (tertiary/aromatic N) is 1. The molecule has 0 fully saturated rings. The van der Waals surface area contributed by atoms with Crippen LogP contribution in [0.5, 0.6) is 11.5 Å². The van der Waals surface area contributed by atoms with E-state index < -0.39 is 24.4 Å². The molecule has 6 nitrogen and oxygen atoms in total. The highest BCUT2D eigenvalue weighted by Crippen LogP contribution is 2.30. The fourth-order valence-electron chi connectivity index (χ4n) is 3.25. The third-order valence-corrected chi connectivity index (χ3v) is 4.50. The van der Waals surface area contributed by atoms with E-state index in [1.165, 1.54) is 18.2 Å². The number of esters is 2. The van der Waals surface area contributed by atoms with Gasteiger partial charge in [0.25, 0.3) is 0 Å². The first-order valence-corrected chi connectivity index (χ1v) is 9.34. The van der Waals surface area contributed by atoms with Gasteiger partial charge < -0.3 is 18.8 Å². The Labute approximate surface area is 167 Å². The van der Waals surface area contributed by atoms with E-state index in [2.05, 4.69) is 0 Å². The smallest absolute Gasteiger partial charge is 0.349 e. The van der Waals surface area contributed by atoms with E-state index in [9.17, 15) is 14.0 Å². The van der Waals surface area contributed by atoms with Crippen LogP contribution in [0.1, 0.15) is 29.9 Å². The quantitative estimate of drug-likeness (QED) is 0.438. The van der Waals surface area contributed by atoms with E-state index in [0.717, 1.165) is 11.2 Å². The molecule has 0 bridgehead atoms. The van der Waals surface area contributed by atoms with Crippen molar-refractivity contribution < 1.29 is 28.2 Å². The van der Waals surface area contributed by atoms with Crippen molar-refractivity contribution in [1.29, 1.82) is 0 Å². The van der Waals surface area contributed by atoms with Crippen LogP contribution in [0.4, 0.5) is 4.39 Å². The number of aromatic nitrogens is 1. The third kappa shape index (κ3) is 4.23. The number of aryl methyl sites for hydroxylation is 1. The summed E-state index contributed by atoms with van der Waals surface area (Å²) < 4.78 is 31.2. The highest BCUT2D eigenvalue weighted by Gasteiger charge is 2.21. The zero-order valence-electron chi connectivity index (χ0n) is 16.5. The molecule has 0 aliphatic rings. The molecule has 0 saturated heterocycles. The summed E-state index contributed by atoms with van der Waals surface area (Å²) in [6.07, 6.45) is 0. The fourth-order valence-corrected chi connectivity index (χ4v) is 3.25. The summed E-state index contributed by atoms with van der Waals surface area (Å²) in [6, 6.07) is 10.9. The molecule has 7 heteroatoms. The Hall–Kier alpha value is -3.35. The zero-order valence-corrected chi connectivity index (χ0v) is 16.5. The van der Waals surface area contributed by atoms with Crippen molar-refractivity contribution in [2.45, 2.75) is 27.3 Å². The molecular formula is C22H22FNO5. The number of hydrogen-bond donors (Lipinski definition) is 0. The van der Waals surface area contributed by atoms with Gasteiger partial charge in [-0.3, -0.25) is 0 Å². The molecular weight excluding hydrogens is 377 g/mol. The second kappa shape index (κ2) is 8.77. The molecule has 0 atom stereocenters. The zero-order chi connectivity index (χ0) is 21.0. The number of fused-ring (bicyclic) bond motifs is 1. The Bertz CT molecular complexity index is 1060. The number of ether oxygens (including phenoxy) is 3. The normalized spacial score (nSPS) is 10.8. The molecule has 0 radical (unpaired) electrons. The molecule has 152 valence electrons. The summed E-state index contributed by atoms with van der Waals surface area (Å²) >= 11 is 0. The molecule has 0 N–H and O–H groups in total. The van der Waals surface area contributed by atoms with Gasteiger partial charge in [0.2, 0.25) is 0 Å². The molecule has 2 aromatic carbocycles. The van der Waals surface area contributed by atoms with Gasteiger partial charge in [0.15, 0.2) is 18.2 Å². The van der Waals surface area contributed by atoms with E-state index >= 15 is 0 Å². The summed E-state index contributed by atoms with van der Waals surface area (Å²) in [5, 5.41) is 0.642. The molecule has 0 amide bonds. The Morgan fingerprint density at radius 2 is 1.86 bits per heavy atom. The lowest BCUT2D eigenvalue weighted by atomic mass is 10.1. The van der Waals surface area contributed by atoms with E-state index in [1.54, 1.807) is 31.2 Å². The van der Waals surface area contributed by atoms with Gasteiger partial charge in [0.1, 0.15) is 5.75 Å². The number of para-hydroxylation sites is 1. The third-order valence-electron chi connectivity index (χ3n) is 4.50. The summed E-state index contributed by atoms with van der Waals surface area (Å²) in [5.74, 6) is -1.43. The number of carbonyl (C=O) groups is 2. The van der Waals surface area contributed by atoms with Gasteiger partial charge in [-0.2, -0.15) is 0 Å². The van der Waals surface area contributed by atoms with Crippen LogP contribution < -0.4 is 9.47 Å². The van der Waals surface area contributed by atoms with Crippen molar-refractivity contribution in [3.05, 3.63) is 59.5 Å². The Morgan fingerprint density at radius 1 is 1.10 bits per heavy atom. The number of carbonyl (C=O) groups excluding carboxylic acids is 2. The van der Waals surface area contributed by atoms with Crippen molar-refractivity contribution in [3.8, 4) is 11.5 Å². The van der Waals surface area contributed by atoms with E-state index in [1.807, 2.05) is 18.4 Å². The lowest BCUT2D eigenvalue weighted by Crippen LogP contribution is -2.18. The summed E-state index contributed by atoms with van der Waals surface area (Å²) in [6.45, 7) is 6.07. The minimum Gasteiger partial charge on any atom is -0.479 e. The van der Waals surface area contributed by atoms with Crippen molar-refractivity contribution in [1.82, 2.24) is 4.57 Å². The lowest BCUT2D eigenvalue weighted by Gasteiger charge is -2.08. The summed E-state index contributed by atoms with van der Waals surface area (Å²) in [4.78, 5) is 24.6. The van der Waals surface area contributed by atoms with Crippen LogP contribution in [-0.4, -0.2) is 29.7 Å². The molecule has 29 heavy (non-hydrogen) atoms. The molecule has 0 saturated carbocycles. The van der Waals surface area contributed by atoms with E-state index in [4.69, 9.17) is 14.2 Å². The molecule has 3 rings (SSSR count). The van der Waals surface area contributed by atoms with Gasteiger partial charge >= 0.3 is 11.9 Å². The van der Waals surface area contributed by atoms with Crippen LogP contribution in [0.15, 0.2) is 42.5 Å². The molecule has 0 spiro atoms. The van der Waals surface area contributed by atoms with Crippen LogP contribution in [0, 0.1) is 12.7 Å². The number of halogens is 1. The van der Waals surface area contributed by atoms with Crippen molar-refractivity contribution in [2.75, 3.05) is 13.2 Å².